The Morgan fingerprint density at radius 1 is 1.45 bits per heavy atom. The van der Waals surface area contributed by atoms with E-state index in [1.807, 2.05) is 0 Å². The Morgan fingerprint density at radius 2 is 2.05 bits per heavy atom. The van der Waals surface area contributed by atoms with Crippen molar-refractivity contribution in [2.45, 2.75) is 30.7 Å². The normalized spacial score (nSPS) is 16.9. The topological polar surface area (TPSA) is 63.4 Å². The van der Waals surface area contributed by atoms with Gasteiger partial charge in [-0.1, -0.05) is 6.07 Å². The molecule has 7 heteroatoms. The first-order valence-electron chi connectivity index (χ1n) is 6.32. The number of nitrogens with zero attached hydrogens (tertiary/aromatic N) is 1. The molecule has 1 aromatic carbocycles. The number of likely N-dealkylation sites (N-methyl/N-ethyl adjacent to an activating group) is 1. The summed E-state index contributed by atoms with van der Waals surface area (Å²) in [5, 5.41) is 0. The molecule has 20 heavy (non-hydrogen) atoms. The van der Waals surface area contributed by atoms with Crippen molar-refractivity contribution in [3.8, 4) is 0 Å². The molecule has 1 saturated carbocycles. The van der Waals surface area contributed by atoms with Crippen molar-refractivity contribution < 1.29 is 12.8 Å². The second-order valence-electron chi connectivity index (χ2n) is 5.10. The van der Waals surface area contributed by atoms with Gasteiger partial charge in [-0.25, -0.2) is 12.8 Å². The minimum Gasteiger partial charge on any atom is -0.329 e. The standard InChI is InChI=1S/C13H19FN2O2S.ClH/c1-9-3-6-11(14)13(7-9)19(17,18)16(2)12(8-15)10-4-5-10;/h3,6-7,10,12H,4-5,8,15H2,1-2H3;1H. The molecule has 2 N–H and O–H groups in total. The Balaban J connectivity index is 0.00000200. The Bertz CT molecular complexity index is 576. The van der Waals surface area contributed by atoms with Gasteiger partial charge in [0, 0.05) is 19.6 Å². The Hall–Kier alpha value is -0.690. The van der Waals surface area contributed by atoms with Crippen LogP contribution in [-0.4, -0.2) is 32.4 Å². The smallest absolute Gasteiger partial charge is 0.246 e. The zero-order valence-electron chi connectivity index (χ0n) is 11.5. The average molecular weight is 323 g/mol. The summed E-state index contributed by atoms with van der Waals surface area (Å²) in [6.07, 6.45) is 1.97. The summed E-state index contributed by atoms with van der Waals surface area (Å²) in [5.41, 5.74) is 6.37. The minimum atomic E-state index is -3.83. The average Bonchev–Trinajstić information content (AvgIpc) is 3.17. The van der Waals surface area contributed by atoms with Crippen molar-refractivity contribution in [3.05, 3.63) is 29.6 Å². The molecule has 0 spiro atoms. The molecule has 0 amide bonds. The van der Waals surface area contributed by atoms with E-state index in [0.29, 0.717) is 11.5 Å². The molecule has 1 unspecified atom stereocenters. The van der Waals surface area contributed by atoms with Gasteiger partial charge in [0.2, 0.25) is 10.0 Å². The van der Waals surface area contributed by atoms with Gasteiger partial charge in [-0.3, -0.25) is 0 Å². The molecule has 0 aromatic heterocycles. The molecule has 1 atom stereocenters. The van der Waals surface area contributed by atoms with Gasteiger partial charge in [0.25, 0.3) is 0 Å². The van der Waals surface area contributed by atoms with E-state index >= 15 is 0 Å². The molecule has 1 aliphatic rings. The third-order valence-electron chi connectivity index (χ3n) is 3.62. The third-order valence-corrected chi connectivity index (χ3v) is 5.52. The molecule has 4 nitrogen and oxygen atoms in total. The maximum Gasteiger partial charge on any atom is 0.246 e. The lowest BCUT2D eigenvalue weighted by Crippen LogP contribution is -2.43. The quantitative estimate of drug-likeness (QED) is 0.900. The van der Waals surface area contributed by atoms with Crippen LogP contribution in [0.15, 0.2) is 23.1 Å². The predicted octanol–water partition coefficient (Wildman–Crippen LogP) is 1.91. The number of hydrogen-bond donors (Lipinski definition) is 1. The fourth-order valence-corrected chi connectivity index (χ4v) is 3.83. The Morgan fingerprint density at radius 3 is 2.55 bits per heavy atom. The SMILES string of the molecule is Cc1ccc(F)c(S(=O)(=O)N(C)C(CN)C2CC2)c1.Cl. The highest BCUT2D eigenvalue weighted by Gasteiger charge is 2.38. The van der Waals surface area contributed by atoms with E-state index in [1.165, 1.54) is 23.5 Å². The molecule has 0 bridgehead atoms. The van der Waals surface area contributed by atoms with Gasteiger partial charge in [0.05, 0.1) is 0 Å². The van der Waals surface area contributed by atoms with Crippen molar-refractivity contribution in [2.75, 3.05) is 13.6 Å². The van der Waals surface area contributed by atoms with E-state index in [9.17, 15) is 12.8 Å². The third kappa shape index (κ3) is 3.31. The van der Waals surface area contributed by atoms with Gasteiger partial charge < -0.3 is 5.73 Å². The van der Waals surface area contributed by atoms with Crippen LogP contribution in [0.1, 0.15) is 18.4 Å². The summed E-state index contributed by atoms with van der Waals surface area (Å²) in [7, 11) is -2.35. The Labute approximate surface area is 125 Å². The molecular weight excluding hydrogens is 303 g/mol. The van der Waals surface area contributed by atoms with Gasteiger partial charge in [-0.15, -0.1) is 12.4 Å². The van der Waals surface area contributed by atoms with Crippen molar-refractivity contribution in [1.82, 2.24) is 4.31 Å². The maximum absolute atomic E-state index is 13.8. The van der Waals surface area contributed by atoms with Crippen LogP contribution >= 0.6 is 12.4 Å². The van der Waals surface area contributed by atoms with Crippen LogP contribution in [0.3, 0.4) is 0 Å². The monoisotopic (exact) mass is 322 g/mol. The molecule has 1 aliphatic carbocycles. The summed E-state index contributed by atoms with van der Waals surface area (Å²) in [6.45, 7) is 1.99. The van der Waals surface area contributed by atoms with Crippen LogP contribution in [0.5, 0.6) is 0 Å². The highest BCUT2D eigenvalue weighted by atomic mass is 35.5. The number of aryl methyl sites for hydroxylation is 1. The Kier molecular flexibility index (Phi) is 5.54. The van der Waals surface area contributed by atoms with Crippen molar-refractivity contribution in [2.24, 2.45) is 11.7 Å². The summed E-state index contributed by atoms with van der Waals surface area (Å²) in [5.74, 6) is -0.415. The molecule has 1 fully saturated rings. The maximum atomic E-state index is 13.8. The highest BCUT2D eigenvalue weighted by Crippen LogP contribution is 2.36. The van der Waals surface area contributed by atoms with Gasteiger partial charge >= 0.3 is 0 Å². The molecule has 2 rings (SSSR count). The first-order valence-corrected chi connectivity index (χ1v) is 7.76. The number of rotatable bonds is 5. The second-order valence-corrected chi connectivity index (χ2v) is 7.06. The lowest BCUT2D eigenvalue weighted by atomic mass is 10.2. The van der Waals surface area contributed by atoms with E-state index in [4.69, 9.17) is 5.73 Å². The lowest BCUT2D eigenvalue weighted by molar-refractivity contribution is 0.339. The van der Waals surface area contributed by atoms with Crippen LogP contribution < -0.4 is 5.73 Å². The van der Waals surface area contributed by atoms with Crippen molar-refractivity contribution in [3.63, 3.8) is 0 Å². The van der Waals surface area contributed by atoms with E-state index in [1.54, 1.807) is 13.0 Å². The van der Waals surface area contributed by atoms with Gasteiger partial charge in [0.15, 0.2) is 0 Å². The molecule has 0 saturated heterocycles. The van der Waals surface area contributed by atoms with Gasteiger partial charge in [-0.2, -0.15) is 4.31 Å². The molecule has 0 heterocycles. The van der Waals surface area contributed by atoms with Crippen molar-refractivity contribution in [1.29, 1.82) is 0 Å². The van der Waals surface area contributed by atoms with Crippen LogP contribution in [0.4, 0.5) is 4.39 Å². The fraction of sp³-hybridized carbons (Fsp3) is 0.538. The first kappa shape index (κ1) is 17.4. The lowest BCUT2D eigenvalue weighted by Gasteiger charge is -2.26. The summed E-state index contributed by atoms with van der Waals surface area (Å²) >= 11 is 0. The summed E-state index contributed by atoms with van der Waals surface area (Å²) < 4.78 is 39.9. The summed E-state index contributed by atoms with van der Waals surface area (Å²) in [4.78, 5) is -0.269. The summed E-state index contributed by atoms with van der Waals surface area (Å²) in [6, 6.07) is 3.85. The largest absolute Gasteiger partial charge is 0.329 e. The molecule has 0 aliphatic heterocycles. The second kappa shape index (κ2) is 6.39. The molecule has 1 aromatic rings. The fourth-order valence-electron chi connectivity index (χ4n) is 2.26. The number of nitrogens with two attached hydrogens (primary N) is 1. The number of sulfonamides is 1. The number of hydrogen-bond acceptors (Lipinski definition) is 3. The van der Waals surface area contributed by atoms with E-state index < -0.39 is 15.8 Å². The highest BCUT2D eigenvalue weighted by molar-refractivity contribution is 7.89. The zero-order chi connectivity index (χ0) is 14.2. The zero-order valence-corrected chi connectivity index (χ0v) is 13.2. The number of benzene rings is 1. The molecule has 114 valence electrons. The van der Waals surface area contributed by atoms with E-state index in [0.717, 1.165) is 12.8 Å². The first-order chi connectivity index (χ1) is 8.87. The van der Waals surface area contributed by atoms with Crippen LogP contribution in [0, 0.1) is 18.7 Å². The molecule has 0 radical (unpaired) electrons. The van der Waals surface area contributed by atoms with Gasteiger partial charge in [0.1, 0.15) is 10.7 Å². The van der Waals surface area contributed by atoms with E-state index in [-0.39, 0.29) is 29.9 Å². The van der Waals surface area contributed by atoms with Crippen LogP contribution in [0.2, 0.25) is 0 Å². The van der Waals surface area contributed by atoms with Crippen LogP contribution in [0.25, 0.3) is 0 Å². The number of halogens is 2. The van der Waals surface area contributed by atoms with Crippen LogP contribution in [-0.2, 0) is 10.0 Å². The predicted molar refractivity (Wildman–Crippen MR) is 78.9 cm³/mol. The van der Waals surface area contributed by atoms with Crippen molar-refractivity contribution >= 4 is 22.4 Å². The molecular formula is C13H20ClFN2O2S. The van der Waals surface area contributed by atoms with Gasteiger partial charge in [-0.05, 0) is 43.4 Å². The minimum absolute atomic E-state index is 0. The van der Waals surface area contributed by atoms with E-state index in [2.05, 4.69) is 0 Å².